The molecule has 1 heterocycles. The molecule has 2 rings (SSSR count). The molecule has 0 bridgehead atoms. The number of rotatable bonds is 6. The molecule has 0 spiro atoms. The maximum absolute atomic E-state index is 12.5. The summed E-state index contributed by atoms with van der Waals surface area (Å²) in [6.45, 7) is 5.16. The molecular formula is C14H18N4O3S2. The molecule has 0 aliphatic heterocycles. The zero-order valence-corrected chi connectivity index (χ0v) is 14.7. The fraction of sp³-hybridized carbons (Fsp3) is 0.357. The normalized spacial score (nSPS) is 12.8. The average Bonchev–Trinajstić information content (AvgIpc) is 2.94. The number of amides is 1. The van der Waals surface area contributed by atoms with Gasteiger partial charge in [0.1, 0.15) is 0 Å². The molecule has 9 heteroatoms. The van der Waals surface area contributed by atoms with E-state index in [2.05, 4.69) is 20.2 Å². The van der Waals surface area contributed by atoms with Gasteiger partial charge in [-0.15, -0.1) is 10.2 Å². The van der Waals surface area contributed by atoms with Crippen LogP contribution in [0.3, 0.4) is 0 Å². The Labute approximate surface area is 139 Å². The Hall–Kier alpha value is -1.84. The van der Waals surface area contributed by atoms with E-state index in [4.69, 9.17) is 0 Å². The number of anilines is 1. The van der Waals surface area contributed by atoms with Crippen molar-refractivity contribution in [1.82, 2.24) is 14.9 Å². The number of hydrogen-bond acceptors (Lipinski definition) is 6. The second kappa shape index (κ2) is 7.16. The van der Waals surface area contributed by atoms with E-state index in [1.807, 2.05) is 38.1 Å². The van der Waals surface area contributed by atoms with Crippen LogP contribution in [-0.2, 0) is 14.8 Å². The Morgan fingerprint density at radius 2 is 2.00 bits per heavy atom. The molecule has 0 radical (unpaired) electrons. The second-order valence-electron chi connectivity index (χ2n) is 4.99. The summed E-state index contributed by atoms with van der Waals surface area (Å²) in [5.41, 5.74) is 1.93. The van der Waals surface area contributed by atoms with Crippen molar-refractivity contribution in [1.29, 1.82) is 0 Å². The highest BCUT2D eigenvalue weighted by Crippen LogP contribution is 2.25. The van der Waals surface area contributed by atoms with Gasteiger partial charge in [0.2, 0.25) is 15.4 Å². The Bertz CT molecular complexity index is 802. The molecule has 0 fully saturated rings. The third-order valence-corrected chi connectivity index (χ3v) is 5.87. The molecule has 1 atom stereocenters. The molecule has 124 valence electrons. The molecule has 1 amide bonds. The number of carbonyl (C=O) groups excluding carboxylic acids is 1. The maximum Gasteiger partial charge on any atom is 0.270 e. The average molecular weight is 354 g/mol. The Morgan fingerprint density at radius 1 is 1.30 bits per heavy atom. The number of hydrogen-bond donors (Lipinski definition) is 2. The largest absolute Gasteiger partial charge is 0.301 e. The number of carbonyl (C=O) groups is 1. The fourth-order valence-electron chi connectivity index (χ4n) is 2.10. The van der Waals surface area contributed by atoms with Crippen LogP contribution in [0.1, 0.15) is 37.4 Å². The number of nitrogens with one attached hydrogen (secondary N) is 2. The minimum atomic E-state index is -3.81. The van der Waals surface area contributed by atoms with Gasteiger partial charge in [-0.25, -0.2) is 13.1 Å². The SMILES string of the molecule is CCC(NS(=O)(=O)c1nnc(NC(C)=O)s1)c1ccccc1C. The Kier molecular flexibility index (Phi) is 5.45. The van der Waals surface area contributed by atoms with Crippen LogP contribution >= 0.6 is 11.3 Å². The zero-order valence-electron chi connectivity index (χ0n) is 13.0. The van der Waals surface area contributed by atoms with E-state index >= 15 is 0 Å². The van der Waals surface area contributed by atoms with Crippen LogP contribution in [0, 0.1) is 6.92 Å². The summed E-state index contributed by atoms with van der Waals surface area (Å²) in [5.74, 6) is -0.329. The molecule has 0 saturated carbocycles. The van der Waals surface area contributed by atoms with Gasteiger partial charge in [0.05, 0.1) is 0 Å². The summed E-state index contributed by atoms with van der Waals surface area (Å²) >= 11 is 0.815. The lowest BCUT2D eigenvalue weighted by molar-refractivity contribution is -0.114. The van der Waals surface area contributed by atoms with Gasteiger partial charge in [0.15, 0.2) is 0 Å². The Balaban J connectivity index is 2.24. The van der Waals surface area contributed by atoms with Crippen LogP contribution in [0.4, 0.5) is 5.13 Å². The van der Waals surface area contributed by atoms with E-state index in [0.717, 1.165) is 22.5 Å². The minimum absolute atomic E-state index is 0.154. The summed E-state index contributed by atoms with van der Waals surface area (Å²) in [5, 5.41) is 9.88. The standard InChI is InChI=1S/C14H18N4O3S2/c1-4-12(11-8-6-5-7-9(11)2)18-23(20,21)14-17-16-13(22-14)15-10(3)19/h5-8,12,18H,4H2,1-3H3,(H,15,16,19). The number of aryl methyl sites for hydroxylation is 1. The number of nitrogens with zero attached hydrogens (tertiary/aromatic N) is 2. The highest BCUT2D eigenvalue weighted by atomic mass is 32.2. The summed E-state index contributed by atoms with van der Waals surface area (Å²) in [6, 6.07) is 7.26. The van der Waals surface area contributed by atoms with Gasteiger partial charge in [-0.05, 0) is 24.5 Å². The molecule has 1 unspecified atom stereocenters. The van der Waals surface area contributed by atoms with Crippen LogP contribution < -0.4 is 10.0 Å². The second-order valence-corrected chi connectivity index (χ2v) is 7.86. The third-order valence-electron chi connectivity index (χ3n) is 3.19. The van der Waals surface area contributed by atoms with Crippen molar-refractivity contribution in [3.05, 3.63) is 35.4 Å². The fourth-order valence-corrected chi connectivity index (χ4v) is 4.36. The predicted octanol–water partition coefficient (Wildman–Crippen LogP) is 2.23. The molecule has 23 heavy (non-hydrogen) atoms. The molecule has 0 saturated heterocycles. The Morgan fingerprint density at radius 3 is 2.61 bits per heavy atom. The van der Waals surface area contributed by atoms with Crippen molar-refractivity contribution in [3.63, 3.8) is 0 Å². The van der Waals surface area contributed by atoms with Crippen molar-refractivity contribution >= 4 is 32.4 Å². The van der Waals surface area contributed by atoms with Gasteiger partial charge < -0.3 is 5.32 Å². The topological polar surface area (TPSA) is 101 Å². The summed E-state index contributed by atoms with van der Waals surface area (Å²) in [7, 11) is -3.81. The van der Waals surface area contributed by atoms with Crippen LogP contribution in [0.15, 0.2) is 28.6 Å². The number of sulfonamides is 1. The summed E-state index contributed by atoms with van der Waals surface area (Å²) < 4.78 is 27.4. The molecular weight excluding hydrogens is 336 g/mol. The van der Waals surface area contributed by atoms with Crippen LogP contribution in [0.5, 0.6) is 0 Å². The molecule has 2 aromatic rings. The predicted molar refractivity (Wildman–Crippen MR) is 88.7 cm³/mol. The van der Waals surface area contributed by atoms with Gasteiger partial charge in [0.25, 0.3) is 10.0 Å². The molecule has 1 aromatic heterocycles. The highest BCUT2D eigenvalue weighted by Gasteiger charge is 2.25. The summed E-state index contributed by atoms with van der Waals surface area (Å²) in [4.78, 5) is 11.0. The van der Waals surface area contributed by atoms with E-state index in [9.17, 15) is 13.2 Å². The van der Waals surface area contributed by atoms with E-state index in [-0.39, 0.29) is 21.4 Å². The molecule has 0 aliphatic rings. The maximum atomic E-state index is 12.5. The van der Waals surface area contributed by atoms with Crippen molar-refractivity contribution < 1.29 is 13.2 Å². The van der Waals surface area contributed by atoms with Crippen LogP contribution in [0.2, 0.25) is 0 Å². The first-order chi connectivity index (χ1) is 10.8. The van der Waals surface area contributed by atoms with Crippen molar-refractivity contribution in [2.75, 3.05) is 5.32 Å². The van der Waals surface area contributed by atoms with Gasteiger partial charge >= 0.3 is 0 Å². The van der Waals surface area contributed by atoms with Gasteiger partial charge in [-0.2, -0.15) is 0 Å². The first-order valence-electron chi connectivity index (χ1n) is 7.02. The summed E-state index contributed by atoms with van der Waals surface area (Å²) in [6.07, 6.45) is 0.599. The number of aromatic nitrogens is 2. The first-order valence-corrected chi connectivity index (χ1v) is 9.32. The quantitative estimate of drug-likeness (QED) is 0.775. The monoisotopic (exact) mass is 354 g/mol. The van der Waals surface area contributed by atoms with Crippen molar-refractivity contribution in [2.45, 2.75) is 37.6 Å². The smallest absolute Gasteiger partial charge is 0.270 e. The van der Waals surface area contributed by atoms with Crippen LogP contribution in [0.25, 0.3) is 0 Å². The van der Waals surface area contributed by atoms with Crippen molar-refractivity contribution in [3.8, 4) is 0 Å². The third kappa shape index (κ3) is 4.34. The van der Waals surface area contributed by atoms with Gasteiger partial charge in [0, 0.05) is 13.0 Å². The highest BCUT2D eigenvalue weighted by molar-refractivity contribution is 7.91. The molecule has 2 N–H and O–H groups in total. The van der Waals surface area contributed by atoms with E-state index in [1.54, 1.807) is 0 Å². The zero-order chi connectivity index (χ0) is 17.0. The van der Waals surface area contributed by atoms with E-state index in [1.165, 1.54) is 6.92 Å². The lowest BCUT2D eigenvalue weighted by atomic mass is 10.0. The van der Waals surface area contributed by atoms with Crippen molar-refractivity contribution in [2.24, 2.45) is 0 Å². The molecule has 1 aromatic carbocycles. The van der Waals surface area contributed by atoms with Crippen LogP contribution in [-0.4, -0.2) is 24.5 Å². The lowest BCUT2D eigenvalue weighted by Crippen LogP contribution is -2.28. The first kappa shape index (κ1) is 17.5. The minimum Gasteiger partial charge on any atom is -0.301 e. The lowest BCUT2D eigenvalue weighted by Gasteiger charge is -2.18. The van der Waals surface area contributed by atoms with E-state index < -0.39 is 10.0 Å². The number of benzene rings is 1. The molecule has 7 nitrogen and oxygen atoms in total. The molecule has 0 aliphatic carbocycles. The van der Waals surface area contributed by atoms with Gasteiger partial charge in [-0.1, -0.05) is 42.5 Å². The van der Waals surface area contributed by atoms with Gasteiger partial charge in [-0.3, -0.25) is 4.79 Å². The van der Waals surface area contributed by atoms with E-state index in [0.29, 0.717) is 6.42 Å².